The van der Waals surface area contributed by atoms with E-state index in [1.807, 2.05) is 12.1 Å². The maximum atomic E-state index is 9.95. The molecule has 0 aliphatic rings. The molecule has 2 aromatic rings. The number of halogens is 2. The van der Waals surface area contributed by atoms with E-state index in [2.05, 4.69) is 41.7 Å². The minimum atomic E-state index is -0.0425. The fraction of sp³-hybridized carbons (Fsp3) is 0.235. The van der Waals surface area contributed by atoms with Gasteiger partial charge in [-0.3, -0.25) is 4.99 Å². The van der Waals surface area contributed by atoms with E-state index in [1.165, 1.54) is 6.21 Å². The zero-order chi connectivity index (χ0) is 16.5. The van der Waals surface area contributed by atoms with E-state index in [-0.39, 0.29) is 21.9 Å². The summed E-state index contributed by atoms with van der Waals surface area (Å²) in [5.74, 6) is 0.0462. The summed E-state index contributed by atoms with van der Waals surface area (Å²) in [6.07, 6.45) is 1.48. The second kappa shape index (κ2) is 6.31. The minimum Gasteiger partial charge on any atom is -0.506 e. The fourth-order valence-electron chi connectivity index (χ4n) is 1.92. The molecule has 22 heavy (non-hydrogen) atoms. The molecule has 0 aliphatic heterocycles. The van der Waals surface area contributed by atoms with Crippen LogP contribution in [0.3, 0.4) is 0 Å². The molecular formula is C17H17BrClNO2. The third-order valence-electron chi connectivity index (χ3n) is 3.24. The highest BCUT2D eigenvalue weighted by atomic mass is 79.9. The van der Waals surface area contributed by atoms with Gasteiger partial charge >= 0.3 is 0 Å². The molecule has 0 unspecified atom stereocenters. The van der Waals surface area contributed by atoms with Crippen molar-refractivity contribution in [1.29, 1.82) is 0 Å². The number of phenols is 2. The van der Waals surface area contributed by atoms with Crippen molar-refractivity contribution in [3.05, 3.63) is 51.0 Å². The highest BCUT2D eigenvalue weighted by molar-refractivity contribution is 9.10. The number of hydrogen-bond acceptors (Lipinski definition) is 3. The van der Waals surface area contributed by atoms with Crippen LogP contribution in [0.25, 0.3) is 0 Å². The normalized spacial score (nSPS) is 12.0. The van der Waals surface area contributed by atoms with Gasteiger partial charge in [-0.2, -0.15) is 0 Å². The van der Waals surface area contributed by atoms with Crippen LogP contribution in [-0.2, 0) is 5.41 Å². The van der Waals surface area contributed by atoms with Crippen molar-refractivity contribution < 1.29 is 10.2 Å². The van der Waals surface area contributed by atoms with Gasteiger partial charge in [-0.25, -0.2) is 0 Å². The molecule has 2 rings (SSSR count). The molecule has 116 valence electrons. The second-order valence-electron chi connectivity index (χ2n) is 6.04. The van der Waals surface area contributed by atoms with E-state index >= 15 is 0 Å². The predicted octanol–water partition coefficient (Wildman–Crippen LogP) is 5.56. The Balaban J connectivity index is 2.43. The van der Waals surface area contributed by atoms with Crippen molar-refractivity contribution in [1.82, 2.24) is 0 Å². The molecule has 0 aromatic heterocycles. The Bertz CT molecular complexity index is 736. The van der Waals surface area contributed by atoms with Crippen LogP contribution in [0, 0.1) is 0 Å². The molecule has 0 fully saturated rings. The Kier molecular flexibility index (Phi) is 4.83. The predicted molar refractivity (Wildman–Crippen MR) is 94.9 cm³/mol. The third-order valence-corrected chi connectivity index (χ3v) is 3.99. The summed E-state index contributed by atoms with van der Waals surface area (Å²) in [5, 5.41) is 20.1. The lowest BCUT2D eigenvalue weighted by Gasteiger charge is -2.19. The number of aliphatic imine (C=N–C) groups is 1. The minimum absolute atomic E-state index is 0.0416. The lowest BCUT2D eigenvalue weighted by Crippen LogP contribution is -2.10. The van der Waals surface area contributed by atoms with Crippen molar-refractivity contribution in [2.75, 3.05) is 0 Å². The van der Waals surface area contributed by atoms with E-state index in [4.69, 9.17) is 11.6 Å². The molecule has 0 atom stereocenters. The molecule has 0 bridgehead atoms. The third kappa shape index (κ3) is 3.81. The number of phenolic OH excluding ortho intramolecular Hbond substituents is 2. The highest BCUT2D eigenvalue weighted by Crippen LogP contribution is 2.34. The maximum Gasteiger partial charge on any atom is 0.143 e. The number of aromatic hydroxyl groups is 2. The van der Waals surface area contributed by atoms with Gasteiger partial charge in [0.05, 0.1) is 5.02 Å². The average Bonchev–Trinajstić information content (AvgIpc) is 2.41. The van der Waals surface area contributed by atoms with Crippen molar-refractivity contribution in [2.24, 2.45) is 4.99 Å². The molecule has 2 N–H and O–H groups in total. The summed E-state index contributed by atoms with van der Waals surface area (Å²) >= 11 is 9.25. The number of benzene rings is 2. The summed E-state index contributed by atoms with van der Waals surface area (Å²) in [7, 11) is 0. The SMILES string of the molecule is CC(C)(C)c1ccc(O)c(N=Cc2cc(Br)cc(Cl)c2O)c1. The first-order valence-electron chi connectivity index (χ1n) is 6.74. The van der Waals surface area contributed by atoms with Gasteiger partial charge in [0.1, 0.15) is 17.2 Å². The average molecular weight is 383 g/mol. The van der Waals surface area contributed by atoms with Gasteiger partial charge in [-0.05, 0) is 35.2 Å². The van der Waals surface area contributed by atoms with Crippen LogP contribution in [0.1, 0.15) is 31.9 Å². The van der Waals surface area contributed by atoms with E-state index in [0.717, 1.165) is 10.0 Å². The first-order chi connectivity index (χ1) is 10.2. The van der Waals surface area contributed by atoms with Crippen LogP contribution < -0.4 is 0 Å². The molecule has 0 saturated carbocycles. The van der Waals surface area contributed by atoms with Crippen molar-refractivity contribution in [2.45, 2.75) is 26.2 Å². The number of nitrogens with zero attached hydrogens (tertiary/aromatic N) is 1. The van der Waals surface area contributed by atoms with E-state index in [9.17, 15) is 10.2 Å². The monoisotopic (exact) mass is 381 g/mol. The molecule has 0 heterocycles. The molecular weight excluding hydrogens is 366 g/mol. The Labute approximate surface area is 143 Å². The summed E-state index contributed by atoms with van der Waals surface area (Å²) in [6.45, 7) is 6.27. The summed E-state index contributed by atoms with van der Waals surface area (Å²) < 4.78 is 0.740. The molecule has 2 aromatic carbocycles. The molecule has 0 amide bonds. The molecule has 3 nitrogen and oxygen atoms in total. The van der Waals surface area contributed by atoms with Gasteiger partial charge < -0.3 is 10.2 Å². The van der Waals surface area contributed by atoms with Crippen LogP contribution in [-0.4, -0.2) is 16.4 Å². The van der Waals surface area contributed by atoms with Gasteiger partial charge in [0, 0.05) is 16.3 Å². The topological polar surface area (TPSA) is 52.8 Å². The Hall–Kier alpha value is -1.52. The van der Waals surface area contributed by atoms with Crippen LogP contribution >= 0.6 is 27.5 Å². The first kappa shape index (κ1) is 16.8. The molecule has 5 heteroatoms. The van der Waals surface area contributed by atoms with Gasteiger partial charge in [0.2, 0.25) is 0 Å². The van der Waals surface area contributed by atoms with Crippen LogP contribution in [0.2, 0.25) is 5.02 Å². The van der Waals surface area contributed by atoms with Crippen LogP contribution in [0.5, 0.6) is 11.5 Å². The van der Waals surface area contributed by atoms with E-state index < -0.39 is 0 Å². The zero-order valence-electron chi connectivity index (χ0n) is 12.6. The van der Waals surface area contributed by atoms with Crippen molar-refractivity contribution in [3.8, 4) is 11.5 Å². The zero-order valence-corrected chi connectivity index (χ0v) is 14.9. The molecule has 0 aliphatic carbocycles. The standard InChI is InChI=1S/C17H17BrClNO2/c1-17(2,3)11-4-5-15(21)14(7-11)20-9-10-6-12(18)8-13(19)16(10)22/h4-9,21-22H,1-3H3. The van der Waals surface area contributed by atoms with Gasteiger partial charge in [0.15, 0.2) is 0 Å². The number of hydrogen-bond donors (Lipinski definition) is 2. The first-order valence-corrected chi connectivity index (χ1v) is 7.91. The largest absolute Gasteiger partial charge is 0.506 e. The smallest absolute Gasteiger partial charge is 0.143 e. The Morgan fingerprint density at radius 3 is 2.45 bits per heavy atom. The maximum absolute atomic E-state index is 9.95. The lowest BCUT2D eigenvalue weighted by molar-refractivity contribution is 0.473. The summed E-state index contributed by atoms with van der Waals surface area (Å²) in [6, 6.07) is 8.65. The van der Waals surface area contributed by atoms with E-state index in [1.54, 1.807) is 18.2 Å². The fourth-order valence-corrected chi connectivity index (χ4v) is 2.75. The van der Waals surface area contributed by atoms with Crippen molar-refractivity contribution >= 4 is 39.4 Å². The number of rotatable bonds is 2. The Morgan fingerprint density at radius 1 is 1.14 bits per heavy atom. The van der Waals surface area contributed by atoms with Crippen LogP contribution in [0.15, 0.2) is 39.8 Å². The molecule has 0 radical (unpaired) electrons. The summed E-state index contributed by atoms with van der Waals surface area (Å²) in [4.78, 5) is 4.28. The van der Waals surface area contributed by atoms with Crippen molar-refractivity contribution in [3.63, 3.8) is 0 Å². The molecule has 0 saturated heterocycles. The summed E-state index contributed by atoms with van der Waals surface area (Å²) in [5.41, 5.74) is 1.94. The van der Waals surface area contributed by atoms with Crippen LogP contribution in [0.4, 0.5) is 5.69 Å². The second-order valence-corrected chi connectivity index (χ2v) is 7.36. The Morgan fingerprint density at radius 2 is 1.82 bits per heavy atom. The van der Waals surface area contributed by atoms with E-state index in [0.29, 0.717) is 11.3 Å². The van der Waals surface area contributed by atoms with Gasteiger partial charge in [-0.1, -0.05) is 54.4 Å². The molecule has 0 spiro atoms. The lowest BCUT2D eigenvalue weighted by atomic mass is 9.87. The van der Waals surface area contributed by atoms with Gasteiger partial charge in [-0.15, -0.1) is 0 Å². The quantitative estimate of drug-likeness (QED) is 0.668. The highest BCUT2D eigenvalue weighted by Gasteiger charge is 2.15. The van der Waals surface area contributed by atoms with Gasteiger partial charge in [0.25, 0.3) is 0 Å².